The molecule has 0 fully saturated rings. The van der Waals surface area contributed by atoms with Crippen LogP contribution in [0.15, 0.2) is 30.3 Å². The monoisotopic (exact) mass is 392 g/mol. The summed E-state index contributed by atoms with van der Waals surface area (Å²) < 4.78 is 4.99. The lowest BCUT2D eigenvalue weighted by atomic mass is 9.98. The van der Waals surface area contributed by atoms with E-state index in [1.54, 1.807) is 19.1 Å². The lowest BCUT2D eigenvalue weighted by Crippen LogP contribution is -2.54. The summed E-state index contributed by atoms with van der Waals surface area (Å²) in [6.45, 7) is 4.87. The summed E-state index contributed by atoms with van der Waals surface area (Å²) in [4.78, 5) is 47.2. The third kappa shape index (κ3) is 8.07. The summed E-state index contributed by atoms with van der Waals surface area (Å²) in [6.07, 6.45) is -0.0921. The smallest absolute Gasteiger partial charge is 0.407 e. The number of nitrogens with two attached hydrogens (primary N) is 1. The van der Waals surface area contributed by atoms with E-state index in [1.165, 1.54) is 6.92 Å². The van der Waals surface area contributed by atoms with Gasteiger partial charge in [0.1, 0.15) is 25.2 Å². The number of amides is 4. The SMILES string of the molecule is CC[C@H](C)[C@@H](NC(=O)[C@H](C)NC(=O)CNC(=O)OCc1ccccc1)C(N)=O. The number of ether oxygens (including phenoxy) is 1. The summed E-state index contributed by atoms with van der Waals surface area (Å²) in [5.41, 5.74) is 6.13. The van der Waals surface area contributed by atoms with Gasteiger partial charge in [0.15, 0.2) is 0 Å². The number of primary amides is 1. The van der Waals surface area contributed by atoms with E-state index >= 15 is 0 Å². The first-order chi connectivity index (χ1) is 13.2. The molecule has 0 spiro atoms. The average molecular weight is 392 g/mol. The molecule has 0 radical (unpaired) electrons. The van der Waals surface area contributed by atoms with Gasteiger partial charge >= 0.3 is 6.09 Å². The highest BCUT2D eigenvalue weighted by Gasteiger charge is 2.26. The van der Waals surface area contributed by atoms with E-state index in [-0.39, 0.29) is 19.1 Å². The second-order valence-electron chi connectivity index (χ2n) is 6.48. The van der Waals surface area contributed by atoms with Crippen LogP contribution in [0.4, 0.5) is 4.79 Å². The standard InChI is InChI=1S/C19H28N4O5/c1-4-12(2)16(17(20)25)23-18(26)13(3)22-15(24)10-21-19(27)28-11-14-8-6-5-7-9-14/h5-9,12-13,16H,4,10-11H2,1-3H3,(H2,20,25)(H,21,27)(H,22,24)(H,23,26)/t12-,13-,16+/m0/s1. The molecule has 5 N–H and O–H groups in total. The largest absolute Gasteiger partial charge is 0.445 e. The first-order valence-electron chi connectivity index (χ1n) is 9.08. The zero-order valence-electron chi connectivity index (χ0n) is 16.4. The number of alkyl carbamates (subject to hydrolysis) is 1. The fourth-order valence-corrected chi connectivity index (χ4v) is 2.29. The molecule has 0 aliphatic carbocycles. The van der Waals surface area contributed by atoms with Gasteiger partial charge in [-0.3, -0.25) is 14.4 Å². The van der Waals surface area contributed by atoms with Gasteiger partial charge in [-0.15, -0.1) is 0 Å². The molecule has 0 aliphatic rings. The van der Waals surface area contributed by atoms with Crippen LogP contribution in [-0.2, 0) is 25.7 Å². The van der Waals surface area contributed by atoms with Crippen molar-refractivity contribution in [2.75, 3.05) is 6.54 Å². The third-order valence-corrected chi connectivity index (χ3v) is 4.19. The fraction of sp³-hybridized carbons (Fsp3) is 0.474. The Balaban J connectivity index is 2.37. The molecule has 1 rings (SSSR count). The van der Waals surface area contributed by atoms with Crippen LogP contribution < -0.4 is 21.7 Å². The Bertz CT molecular complexity index is 680. The van der Waals surface area contributed by atoms with E-state index in [0.29, 0.717) is 6.42 Å². The molecule has 9 heteroatoms. The Morgan fingerprint density at radius 2 is 1.71 bits per heavy atom. The summed E-state index contributed by atoms with van der Waals surface area (Å²) in [5.74, 6) is -1.88. The Hall–Kier alpha value is -3.10. The van der Waals surface area contributed by atoms with E-state index in [4.69, 9.17) is 10.5 Å². The predicted octanol–water partition coefficient (Wildman–Crippen LogP) is 0.434. The number of carbonyl (C=O) groups excluding carboxylic acids is 4. The van der Waals surface area contributed by atoms with Crippen molar-refractivity contribution in [2.24, 2.45) is 11.7 Å². The second-order valence-corrected chi connectivity index (χ2v) is 6.48. The van der Waals surface area contributed by atoms with Crippen molar-refractivity contribution in [1.82, 2.24) is 16.0 Å². The van der Waals surface area contributed by atoms with E-state index in [9.17, 15) is 19.2 Å². The molecular weight excluding hydrogens is 364 g/mol. The van der Waals surface area contributed by atoms with Crippen molar-refractivity contribution in [3.63, 3.8) is 0 Å². The molecule has 0 saturated heterocycles. The number of benzene rings is 1. The molecule has 0 bridgehead atoms. The maximum absolute atomic E-state index is 12.2. The zero-order valence-corrected chi connectivity index (χ0v) is 16.4. The van der Waals surface area contributed by atoms with Crippen molar-refractivity contribution in [2.45, 2.75) is 45.9 Å². The van der Waals surface area contributed by atoms with Crippen LogP contribution in [0.1, 0.15) is 32.8 Å². The van der Waals surface area contributed by atoms with Gasteiger partial charge in [-0.05, 0) is 18.4 Å². The number of carbonyl (C=O) groups is 4. The Morgan fingerprint density at radius 3 is 2.29 bits per heavy atom. The summed E-state index contributed by atoms with van der Waals surface area (Å²) in [5, 5.41) is 7.28. The predicted molar refractivity (Wildman–Crippen MR) is 103 cm³/mol. The Labute approximate surface area is 164 Å². The van der Waals surface area contributed by atoms with Crippen molar-refractivity contribution in [3.8, 4) is 0 Å². The number of nitrogens with one attached hydrogen (secondary N) is 3. The number of hydrogen-bond acceptors (Lipinski definition) is 5. The minimum Gasteiger partial charge on any atom is -0.445 e. The van der Waals surface area contributed by atoms with E-state index < -0.39 is 35.9 Å². The van der Waals surface area contributed by atoms with Crippen molar-refractivity contribution < 1.29 is 23.9 Å². The first kappa shape index (κ1) is 22.9. The van der Waals surface area contributed by atoms with Gasteiger partial charge in [-0.25, -0.2) is 4.79 Å². The van der Waals surface area contributed by atoms with Gasteiger partial charge in [0.2, 0.25) is 17.7 Å². The summed E-state index contributed by atoms with van der Waals surface area (Å²) in [7, 11) is 0. The minimum atomic E-state index is -0.902. The molecular formula is C19H28N4O5. The highest BCUT2D eigenvalue weighted by atomic mass is 16.5. The Morgan fingerprint density at radius 1 is 1.07 bits per heavy atom. The normalized spacial score (nSPS) is 13.5. The van der Waals surface area contributed by atoms with Crippen molar-refractivity contribution >= 4 is 23.8 Å². The maximum atomic E-state index is 12.2. The topological polar surface area (TPSA) is 140 Å². The molecule has 0 aliphatic heterocycles. The number of hydrogen-bond donors (Lipinski definition) is 4. The van der Waals surface area contributed by atoms with Gasteiger partial charge in [-0.1, -0.05) is 50.6 Å². The molecule has 0 unspecified atom stereocenters. The molecule has 0 saturated carbocycles. The van der Waals surface area contributed by atoms with Gasteiger partial charge in [0, 0.05) is 0 Å². The molecule has 154 valence electrons. The molecule has 28 heavy (non-hydrogen) atoms. The molecule has 1 aromatic carbocycles. The van der Waals surface area contributed by atoms with Crippen molar-refractivity contribution in [3.05, 3.63) is 35.9 Å². The summed E-state index contributed by atoms with van der Waals surface area (Å²) >= 11 is 0. The highest BCUT2D eigenvalue weighted by Crippen LogP contribution is 2.07. The lowest BCUT2D eigenvalue weighted by molar-refractivity contribution is -0.131. The molecule has 3 atom stereocenters. The molecule has 1 aromatic rings. The molecule has 0 heterocycles. The van der Waals surface area contributed by atoms with Gasteiger partial charge in [0.05, 0.1) is 0 Å². The Kier molecular flexibility index (Phi) is 9.49. The maximum Gasteiger partial charge on any atom is 0.407 e. The van der Waals surface area contributed by atoms with Crippen LogP contribution in [0.2, 0.25) is 0 Å². The van der Waals surface area contributed by atoms with Crippen LogP contribution in [0, 0.1) is 5.92 Å². The molecule has 9 nitrogen and oxygen atoms in total. The zero-order chi connectivity index (χ0) is 21.1. The fourth-order valence-electron chi connectivity index (χ4n) is 2.29. The van der Waals surface area contributed by atoms with Gasteiger partial charge in [0.25, 0.3) is 0 Å². The van der Waals surface area contributed by atoms with Crippen LogP contribution in [0.3, 0.4) is 0 Å². The number of rotatable bonds is 10. The van der Waals surface area contributed by atoms with Crippen LogP contribution in [0.5, 0.6) is 0 Å². The second kappa shape index (κ2) is 11.6. The molecule has 4 amide bonds. The van der Waals surface area contributed by atoms with Crippen LogP contribution in [-0.4, -0.2) is 42.4 Å². The van der Waals surface area contributed by atoms with E-state index in [0.717, 1.165) is 5.56 Å². The van der Waals surface area contributed by atoms with E-state index in [1.807, 2.05) is 25.1 Å². The van der Waals surface area contributed by atoms with Gasteiger partial charge < -0.3 is 26.4 Å². The average Bonchev–Trinajstić information content (AvgIpc) is 2.68. The minimum absolute atomic E-state index is 0.0806. The van der Waals surface area contributed by atoms with Crippen LogP contribution in [0.25, 0.3) is 0 Å². The van der Waals surface area contributed by atoms with Crippen molar-refractivity contribution in [1.29, 1.82) is 0 Å². The highest BCUT2D eigenvalue weighted by molar-refractivity contribution is 5.92. The first-order valence-corrected chi connectivity index (χ1v) is 9.08. The van der Waals surface area contributed by atoms with Gasteiger partial charge in [-0.2, -0.15) is 0 Å². The van der Waals surface area contributed by atoms with Crippen LogP contribution >= 0.6 is 0 Å². The third-order valence-electron chi connectivity index (χ3n) is 4.19. The quantitative estimate of drug-likeness (QED) is 0.457. The lowest BCUT2D eigenvalue weighted by Gasteiger charge is -2.23. The van der Waals surface area contributed by atoms with E-state index in [2.05, 4.69) is 16.0 Å². The summed E-state index contributed by atoms with van der Waals surface area (Å²) in [6, 6.07) is 7.38. The molecule has 0 aromatic heterocycles.